The molecule has 0 radical (unpaired) electrons. The minimum absolute atomic E-state index is 0.104. The van der Waals surface area contributed by atoms with E-state index in [2.05, 4.69) is 39.9 Å². The van der Waals surface area contributed by atoms with Gasteiger partial charge in [-0.15, -0.1) is 0 Å². The predicted octanol–water partition coefficient (Wildman–Crippen LogP) is 3.17. The van der Waals surface area contributed by atoms with Gasteiger partial charge in [-0.1, -0.05) is 36.4 Å². The zero-order valence-corrected chi connectivity index (χ0v) is 12.8. The second-order valence-corrected chi connectivity index (χ2v) is 5.95. The number of carbonyl (C=O) groups is 1. The van der Waals surface area contributed by atoms with Crippen molar-refractivity contribution in [2.24, 2.45) is 0 Å². The molecule has 0 spiro atoms. The fourth-order valence-electron chi connectivity index (χ4n) is 2.71. The highest BCUT2D eigenvalue weighted by molar-refractivity contribution is 5.74. The first-order valence-electron chi connectivity index (χ1n) is 7.70. The third kappa shape index (κ3) is 3.27. The smallest absolute Gasteiger partial charge is 0.315 e. The number of hydrogen-bond donors (Lipinski definition) is 2. The quantitative estimate of drug-likeness (QED) is 0.890. The van der Waals surface area contributed by atoms with E-state index >= 15 is 0 Å². The second kappa shape index (κ2) is 6.18. The molecular formula is C18H21N3O. The highest BCUT2D eigenvalue weighted by Gasteiger charge is 2.44. The topological polar surface area (TPSA) is 54.0 Å². The molecule has 1 atom stereocenters. The standard InChI is InChI=1S/C18H21N3O/c1-14(16-9-5-6-12-19-16)21-17(22)20-13-18(10-11-18)15-7-3-2-4-8-15/h2-9,12,14H,10-11,13H2,1H3,(H2,20,21,22). The molecule has 1 aromatic heterocycles. The van der Waals surface area contributed by atoms with E-state index in [1.807, 2.05) is 31.2 Å². The van der Waals surface area contributed by atoms with Crippen LogP contribution >= 0.6 is 0 Å². The molecule has 22 heavy (non-hydrogen) atoms. The second-order valence-electron chi connectivity index (χ2n) is 5.95. The van der Waals surface area contributed by atoms with Crippen LogP contribution in [-0.2, 0) is 5.41 Å². The fourth-order valence-corrected chi connectivity index (χ4v) is 2.71. The maximum Gasteiger partial charge on any atom is 0.315 e. The molecule has 0 bridgehead atoms. The first-order valence-corrected chi connectivity index (χ1v) is 7.70. The Hall–Kier alpha value is -2.36. The number of nitrogens with zero attached hydrogens (tertiary/aromatic N) is 1. The summed E-state index contributed by atoms with van der Waals surface area (Å²) in [6, 6.07) is 15.9. The van der Waals surface area contributed by atoms with Crippen LogP contribution in [0.5, 0.6) is 0 Å². The molecule has 4 nitrogen and oxygen atoms in total. The van der Waals surface area contributed by atoms with Gasteiger partial charge in [-0.05, 0) is 37.5 Å². The Morgan fingerprint density at radius 1 is 1.18 bits per heavy atom. The zero-order chi connectivity index (χ0) is 15.4. The van der Waals surface area contributed by atoms with Crippen molar-refractivity contribution in [3.63, 3.8) is 0 Å². The minimum Gasteiger partial charge on any atom is -0.337 e. The van der Waals surface area contributed by atoms with Crippen molar-refractivity contribution in [2.45, 2.75) is 31.2 Å². The molecule has 0 aliphatic heterocycles. The van der Waals surface area contributed by atoms with E-state index in [1.54, 1.807) is 6.20 Å². The van der Waals surface area contributed by atoms with Crippen molar-refractivity contribution in [3.05, 3.63) is 66.0 Å². The Kier molecular flexibility index (Phi) is 4.09. The molecule has 0 saturated heterocycles. The Balaban J connectivity index is 1.53. The largest absolute Gasteiger partial charge is 0.337 e. The van der Waals surface area contributed by atoms with Crippen LogP contribution in [-0.4, -0.2) is 17.6 Å². The molecule has 2 aromatic rings. The summed E-state index contributed by atoms with van der Waals surface area (Å²) in [5, 5.41) is 5.94. The van der Waals surface area contributed by atoms with E-state index in [0.717, 1.165) is 18.5 Å². The average Bonchev–Trinajstić information content (AvgIpc) is 3.36. The normalized spacial score (nSPS) is 16.6. The van der Waals surface area contributed by atoms with Gasteiger partial charge in [-0.2, -0.15) is 0 Å². The van der Waals surface area contributed by atoms with Gasteiger partial charge in [-0.25, -0.2) is 4.79 Å². The number of nitrogens with one attached hydrogen (secondary N) is 2. The first-order chi connectivity index (χ1) is 10.7. The van der Waals surface area contributed by atoms with Crippen molar-refractivity contribution in [3.8, 4) is 0 Å². The minimum atomic E-state index is -0.139. The third-order valence-electron chi connectivity index (χ3n) is 4.31. The van der Waals surface area contributed by atoms with Crippen LogP contribution in [0.4, 0.5) is 4.79 Å². The van der Waals surface area contributed by atoms with Gasteiger partial charge in [0.05, 0.1) is 11.7 Å². The van der Waals surface area contributed by atoms with Crippen LogP contribution in [0.1, 0.15) is 37.1 Å². The summed E-state index contributed by atoms with van der Waals surface area (Å²) >= 11 is 0. The SMILES string of the molecule is CC(NC(=O)NCC1(c2ccccc2)CC1)c1ccccn1. The Bertz CT molecular complexity index is 623. The summed E-state index contributed by atoms with van der Waals surface area (Å²) in [7, 11) is 0. The van der Waals surface area contributed by atoms with Crippen LogP contribution in [0.3, 0.4) is 0 Å². The van der Waals surface area contributed by atoms with E-state index in [1.165, 1.54) is 5.56 Å². The van der Waals surface area contributed by atoms with Crippen LogP contribution in [0.15, 0.2) is 54.7 Å². The number of rotatable bonds is 5. The summed E-state index contributed by atoms with van der Waals surface area (Å²) in [5.41, 5.74) is 2.31. The lowest BCUT2D eigenvalue weighted by molar-refractivity contribution is 0.236. The van der Waals surface area contributed by atoms with Crippen molar-refractivity contribution < 1.29 is 4.79 Å². The Labute approximate surface area is 131 Å². The number of aromatic nitrogens is 1. The van der Waals surface area contributed by atoms with Crippen LogP contribution in [0.25, 0.3) is 0 Å². The lowest BCUT2D eigenvalue weighted by Crippen LogP contribution is -2.41. The fraction of sp³-hybridized carbons (Fsp3) is 0.333. The number of amides is 2. The molecule has 114 valence electrons. The molecule has 3 rings (SSSR count). The summed E-state index contributed by atoms with van der Waals surface area (Å²) < 4.78 is 0. The molecule has 2 N–H and O–H groups in total. The van der Waals surface area contributed by atoms with Gasteiger partial charge in [0.1, 0.15) is 0 Å². The molecule has 1 aliphatic rings. The zero-order valence-electron chi connectivity index (χ0n) is 12.8. The molecular weight excluding hydrogens is 274 g/mol. The highest BCUT2D eigenvalue weighted by Crippen LogP contribution is 2.47. The third-order valence-corrected chi connectivity index (χ3v) is 4.31. The molecule has 1 saturated carbocycles. The van der Waals surface area contributed by atoms with Crippen molar-refractivity contribution in [1.82, 2.24) is 15.6 Å². The Morgan fingerprint density at radius 3 is 2.55 bits per heavy atom. The van der Waals surface area contributed by atoms with E-state index < -0.39 is 0 Å². The number of urea groups is 1. The molecule has 1 aromatic carbocycles. The van der Waals surface area contributed by atoms with Crippen LogP contribution in [0.2, 0.25) is 0 Å². The summed E-state index contributed by atoms with van der Waals surface area (Å²) in [6.45, 7) is 2.61. The van der Waals surface area contributed by atoms with Gasteiger partial charge in [0, 0.05) is 18.2 Å². The lowest BCUT2D eigenvalue weighted by Gasteiger charge is -2.19. The first kappa shape index (κ1) is 14.6. The van der Waals surface area contributed by atoms with E-state index in [-0.39, 0.29) is 17.5 Å². The molecule has 1 heterocycles. The summed E-state index contributed by atoms with van der Waals surface area (Å²) in [4.78, 5) is 16.3. The van der Waals surface area contributed by atoms with Gasteiger partial charge in [-0.3, -0.25) is 4.98 Å². The van der Waals surface area contributed by atoms with E-state index in [4.69, 9.17) is 0 Å². The summed E-state index contributed by atoms with van der Waals surface area (Å²) in [5.74, 6) is 0. The van der Waals surface area contributed by atoms with Gasteiger partial charge in [0.2, 0.25) is 0 Å². The number of pyridine rings is 1. The molecule has 4 heteroatoms. The van der Waals surface area contributed by atoms with Crippen molar-refractivity contribution in [1.29, 1.82) is 0 Å². The van der Waals surface area contributed by atoms with Gasteiger partial charge in [0.25, 0.3) is 0 Å². The lowest BCUT2D eigenvalue weighted by atomic mass is 9.96. The van der Waals surface area contributed by atoms with E-state index in [0.29, 0.717) is 6.54 Å². The highest BCUT2D eigenvalue weighted by atomic mass is 16.2. The van der Waals surface area contributed by atoms with Gasteiger partial charge in [0.15, 0.2) is 0 Å². The van der Waals surface area contributed by atoms with E-state index in [9.17, 15) is 4.79 Å². The van der Waals surface area contributed by atoms with Crippen LogP contribution < -0.4 is 10.6 Å². The monoisotopic (exact) mass is 295 g/mol. The van der Waals surface area contributed by atoms with Crippen LogP contribution in [0, 0.1) is 0 Å². The predicted molar refractivity (Wildman–Crippen MR) is 86.5 cm³/mol. The van der Waals surface area contributed by atoms with Gasteiger partial charge >= 0.3 is 6.03 Å². The molecule has 1 unspecified atom stereocenters. The van der Waals surface area contributed by atoms with Crippen molar-refractivity contribution in [2.75, 3.05) is 6.54 Å². The molecule has 2 amide bonds. The number of hydrogen-bond acceptors (Lipinski definition) is 2. The molecule has 1 fully saturated rings. The maximum atomic E-state index is 12.1. The number of benzene rings is 1. The Morgan fingerprint density at radius 2 is 1.91 bits per heavy atom. The number of carbonyl (C=O) groups excluding carboxylic acids is 1. The van der Waals surface area contributed by atoms with Gasteiger partial charge < -0.3 is 10.6 Å². The molecule has 1 aliphatic carbocycles. The summed E-state index contributed by atoms with van der Waals surface area (Å²) in [6.07, 6.45) is 4.00. The van der Waals surface area contributed by atoms with Crippen molar-refractivity contribution >= 4 is 6.03 Å². The maximum absolute atomic E-state index is 12.1. The average molecular weight is 295 g/mol.